The Balaban J connectivity index is 1.63. The molecule has 2 aliphatic rings. The minimum atomic E-state index is -0.0238. The molecular formula is C16H21N3O2. The van der Waals surface area contributed by atoms with Crippen LogP contribution in [0.2, 0.25) is 0 Å². The maximum Gasteiger partial charge on any atom is 0.239 e. The van der Waals surface area contributed by atoms with E-state index in [0.29, 0.717) is 12.8 Å². The highest BCUT2D eigenvalue weighted by Crippen LogP contribution is 2.26. The van der Waals surface area contributed by atoms with Gasteiger partial charge in [-0.3, -0.25) is 14.6 Å². The van der Waals surface area contributed by atoms with Crippen molar-refractivity contribution in [3.8, 4) is 0 Å². The van der Waals surface area contributed by atoms with E-state index < -0.39 is 0 Å². The zero-order valence-electron chi connectivity index (χ0n) is 12.1. The average molecular weight is 287 g/mol. The summed E-state index contributed by atoms with van der Waals surface area (Å²) in [6.45, 7) is 0.211. The van der Waals surface area contributed by atoms with Gasteiger partial charge in [-0.25, -0.2) is 0 Å². The third-order valence-electron chi connectivity index (χ3n) is 4.43. The number of hydrogen-bond acceptors (Lipinski definition) is 3. The van der Waals surface area contributed by atoms with Crippen LogP contribution in [0.15, 0.2) is 24.4 Å². The molecule has 1 saturated carbocycles. The minimum Gasteiger partial charge on any atom is -0.350 e. The molecule has 0 aromatic carbocycles. The van der Waals surface area contributed by atoms with E-state index in [9.17, 15) is 9.59 Å². The third-order valence-corrected chi connectivity index (χ3v) is 4.43. The van der Waals surface area contributed by atoms with Gasteiger partial charge in [0.2, 0.25) is 11.8 Å². The van der Waals surface area contributed by atoms with E-state index in [1.165, 1.54) is 0 Å². The molecule has 2 heterocycles. The van der Waals surface area contributed by atoms with Crippen LogP contribution in [0.25, 0.3) is 0 Å². The number of aryl methyl sites for hydroxylation is 1. The Bertz CT molecular complexity index is 518. The monoisotopic (exact) mass is 287 g/mol. The molecule has 1 saturated heterocycles. The van der Waals surface area contributed by atoms with Crippen molar-refractivity contribution in [2.24, 2.45) is 0 Å². The van der Waals surface area contributed by atoms with Crippen LogP contribution in [0.3, 0.4) is 0 Å². The molecule has 0 unspecified atom stereocenters. The molecule has 1 N–H and O–H groups in total. The molecule has 0 spiro atoms. The first-order valence-electron chi connectivity index (χ1n) is 7.73. The lowest BCUT2D eigenvalue weighted by Gasteiger charge is -2.44. The summed E-state index contributed by atoms with van der Waals surface area (Å²) < 4.78 is 0. The van der Waals surface area contributed by atoms with Crippen LogP contribution < -0.4 is 5.32 Å². The molecule has 3 rings (SSSR count). The Morgan fingerprint density at radius 3 is 3.00 bits per heavy atom. The highest BCUT2D eigenvalue weighted by molar-refractivity contribution is 5.86. The van der Waals surface area contributed by atoms with Gasteiger partial charge in [-0.2, -0.15) is 0 Å². The molecule has 2 atom stereocenters. The first-order chi connectivity index (χ1) is 10.2. The average Bonchev–Trinajstić information content (AvgIpc) is 2.52. The number of aromatic nitrogens is 1. The van der Waals surface area contributed by atoms with Gasteiger partial charge in [0.25, 0.3) is 0 Å². The number of amides is 2. The SMILES string of the molecule is O=C1CN(C(=O)CCc2ccccn2)[C@H]2CCCC[C@@H]2N1. The van der Waals surface area contributed by atoms with Gasteiger partial charge in [0.15, 0.2) is 0 Å². The maximum absolute atomic E-state index is 12.5. The zero-order chi connectivity index (χ0) is 14.7. The molecule has 112 valence electrons. The second-order valence-corrected chi connectivity index (χ2v) is 5.87. The van der Waals surface area contributed by atoms with Crippen LogP contribution in [0, 0.1) is 0 Å². The molecule has 0 radical (unpaired) electrons. The Labute approximate surface area is 124 Å². The number of carbonyl (C=O) groups is 2. The van der Waals surface area contributed by atoms with E-state index >= 15 is 0 Å². The van der Waals surface area contributed by atoms with Crippen LogP contribution in [0.4, 0.5) is 0 Å². The van der Waals surface area contributed by atoms with Crippen LogP contribution >= 0.6 is 0 Å². The molecule has 1 aromatic rings. The molecule has 21 heavy (non-hydrogen) atoms. The van der Waals surface area contributed by atoms with Crippen molar-refractivity contribution >= 4 is 11.8 Å². The van der Waals surface area contributed by atoms with Crippen molar-refractivity contribution < 1.29 is 9.59 Å². The van der Waals surface area contributed by atoms with E-state index in [1.54, 1.807) is 11.1 Å². The van der Waals surface area contributed by atoms with E-state index in [-0.39, 0.29) is 30.4 Å². The van der Waals surface area contributed by atoms with Crippen LogP contribution in [-0.4, -0.2) is 40.3 Å². The van der Waals surface area contributed by atoms with Gasteiger partial charge in [-0.05, 0) is 31.4 Å². The largest absolute Gasteiger partial charge is 0.350 e. The summed E-state index contributed by atoms with van der Waals surface area (Å²) in [6.07, 6.45) is 7.06. The standard InChI is InChI=1S/C16H21N3O2/c20-15-11-19(14-7-2-1-6-13(14)18-15)16(21)9-8-12-5-3-4-10-17-12/h3-5,10,13-14H,1-2,6-9,11H2,(H,18,20)/t13-,14-/m0/s1. The molecule has 5 nitrogen and oxygen atoms in total. The van der Waals surface area contributed by atoms with Gasteiger partial charge in [0.05, 0.1) is 12.6 Å². The number of nitrogens with one attached hydrogen (secondary N) is 1. The quantitative estimate of drug-likeness (QED) is 0.911. The summed E-state index contributed by atoms with van der Waals surface area (Å²) in [5.74, 6) is 0.0525. The zero-order valence-corrected chi connectivity index (χ0v) is 12.1. The summed E-state index contributed by atoms with van der Waals surface area (Å²) in [7, 11) is 0. The first-order valence-corrected chi connectivity index (χ1v) is 7.73. The number of fused-ring (bicyclic) bond motifs is 1. The second-order valence-electron chi connectivity index (χ2n) is 5.87. The van der Waals surface area contributed by atoms with Crippen molar-refractivity contribution in [3.63, 3.8) is 0 Å². The Morgan fingerprint density at radius 1 is 1.33 bits per heavy atom. The van der Waals surface area contributed by atoms with Gasteiger partial charge in [0.1, 0.15) is 0 Å². The highest BCUT2D eigenvalue weighted by atomic mass is 16.2. The van der Waals surface area contributed by atoms with Crippen molar-refractivity contribution in [1.82, 2.24) is 15.2 Å². The topological polar surface area (TPSA) is 62.3 Å². The molecule has 1 aliphatic heterocycles. The summed E-state index contributed by atoms with van der Waals surface area (Å²) >= 11 is 0. The highest BCUT2D eigenvalue weighted by Gasteiger charge is 2.38. The predicted octanol–water partition coefficient (Wildman–Crippen LogP) is 1.28. The smallest absolute Gasteiger partial charge is 0.239 e. The van der Waals surface area contributed by atoms with E-state index in [2.05, 4.69) is 10.3 Å². The Kier molecular flexibility index (Phi) is 4.18. The van der Waals surface area contributed by atoms with E-state index in [1.807, 2.05) is 18.2 Å². The fourth-order valence-electron chi connectivity index (χ4n) is 3.37. The summed E-state index contributed by atoms with van der Waals surface area (Å²) in [5.41, 5.74) is 0.924. The second kappa shape index (κ2) is 6.24. The molecule has 2 fully saturated rings. The molecule has 0 bridgehead atoms. The molecule has 5 heteroatoms. The van der Waals surface area contributed by atoms with Crippen molar-refractivity contribution in [2.45, 2.75) is 50.6 Å². The Hall–Kier alpha value is -1.91. The molecule has 2 amide bonds. The summed E-state index contributed by atoms with van der Waals surface area (Å²) in [4.78, 5) is 30.3. The van der Waals surface area contributed by atoms with Gasteiger partial charge < -0.3 is 10.2 Å². The minimum absolute atomic E-state index is 0.0238. The van der Waals surface area contributed by atoms with Crippen molar-refractivity contribution in [3.05, 3.63) is 30.1 Å². The normalized spacial score (nSPS) is 25.1. The summed E-state index contributed by atoms with van der Waals surface area (Å²) in [5, 5.41) is 3.03. The van der Waals surface area contributed by atoms with Gasteiger partial charge >= 0.3 is 0 Å². The van der Waals surface area contributed by atoms with Crippen LogP contribution in [0.5, 0.6) is 0 Å². The van der Waals surface area contributed by atoms with Crippen molar-refractivity contribution in [1.29, 1.82) is 0 Å². The number of carbonyl (C=O) groups excluding carboxylic acids is 2. The van der Waals surface area contributed by atoms with Crippen LogP contribution in [-0.2, 0) is 16.0 Å². The number of pyridine rings is 1. The van der Waals surface area contributed by atoms with E-state index in [0.717, 1.165) is 31.4 Å². The number of hydrogen-bond donors (Lipinski definition) is 1. The first kappa shape index (κ1) is 14.0. The van der Waals surface area contributed by atoms with Crippen LogP contribution in [0.1, 0.15) is 37.8 Å². The fraction of sp³-hybridized carbons (Fsp3) is 0.562. The van der Waals surface area contributed by atoms with Gasteiger partial charge in [-0.15, -0.1) is 0 Å². The predicted molar refractivity (Wildman–Crippen MR) is 78.5 cm³/mol. The molecule has 1 aromatic heterocycles. The summed E-state index contributed by atoms with van der Waals surface area (Å²) in [6, 6.07) is 6.07. The number of rotatable bonds is 3. The molecule has 1 aliphatic carbocycles. The van der Waals surface area contributed by atoms with Gasteiger partial charge in [-0.1, -0.05) is 18.9 Å². The van der Waals surface area contributed by atoms with Crippen molar-refractivity contribution in [2.75, 3.05) is 6.54 Å². The van der Waals surface area contributed by atoms with E-state index in [4.69, 9.17) is 0 Å². The molecular weight excluding hydrogens is 266 g/mol. The third kappa shape index (κ3) is 3.23. The Morgan fingerprint density at radius 2 is 2.19 bits per heavy atom. The maximum atomic E-state index is 12.5. The lowest BCUT2D eigenvalue weighted by molar-refractivity contribution is -0.144. The lowest BCUT2D eigenvalue weighted by atomic mass is 9.87. The van der Waals surface area contributed by atoms with Gasteiger partial charge in [0, 0.05) is 24.4 Å². The fourth-order valence-corrected chi connectivity index (χ4v) is 3.37. The lowest BCUT2D eigenvalue weighted by Crippen LogP contribution is -2.62. The number of piperazine rings is 1. The number of nitrogens with zero attached hydrogens (tertiary/aromatic N) is 2.